The van der Waals surface area contributed by atoms with Gasteiger partial charge < -0.3 is 4.74 Å². The lowest BCUT2D eigenvalue weighted by atomic mass is 10.5. The minimum absolute atomic E-state index is 0.183. The predicted octanol–water partition coefficient (Wildman–Crippen LogP) is 2.19. The van der Waals surface area contributed by atoms with Crippen LogP contribution in [0.4, 0.5) is 8.78 Å². The van der Waals surface area contributed by atoms with Crippen molar-refractivity contribution in [3.8, 4) is 5.88 Å². The van der Waals surface area contributed by atoms with Gasteiger partial charge in [0, 0.05) is 0 Å². The van der Waals surface area contributed by atoms with Crippen LogP contribution in [0.25, 0.3) is 0 Å². The van der Waals surface area contributed by atoms with E-state index in [9.17, 15) is 8.78 Å². The van der Waals surface area contributed by atoms with Crippen LogP contribution < -0.4 is 4.74 Å². The second-order valence-electron chi connectivity index (χ2n) is 1.90. The number of aromatic nitrogens is 2. The molecule has 1 aromatic heterocycles. The molecular weight excluding hydrogens is 234 g/mol. The highest BCUT2D eigenvalue weighted by molar-refractivity contribution is 9.10. The summed E-state index contributed by atoms with van der Waals surface area (Å²) in [5.41, 5.74) is -0.373. The Balaban J connectivity index is 3.02. The van der Waals surface area contributed by atoms with Crippen molar-refractivity contribution in [3.05, 3.63) is 16.5 Å². The van der Waals surface area contributed by atoms with Crippen molar-refractivity contribution < 1.29 is 13.5 Å². The molecule has 0 atom stereocenters. The number of hydrogen-bond acceptors (Lipinski definition) is 3. The number of methoxy groups -OCH3 is 1. The minimum Gasteiger partial charge on any atom is -0.479 e. The van der Waals surface area contributed by atoms with Gasteiger partial charge in [-0.2, -0.15) is 0 Å². The molecule has 0 aromatic carbocycles. The van der Waals surface area contributed by atoms with E-state index in [1.165, 1.54) is 7.11 Å². The summed E-state index contributed by atoms with van der Waals surface area (Å²) in [5, 5.41) is 0. The van der Waals surface area contributed by atoms with Gasteiger partial charge in [-0.05, 0) is 15.9 Å². The zero-order valence-electron chi connectivity index (χ0n) is 6.09. The maximum absolute atomic E-state index is 12.0. The van der Waals surface area contributed by atoms with Gasteiger partial charge in [-0.1, -0.05) is 0 Å². The molecule has 0 spiro atoms. The molecule has 0 aliphatic heterocycles. The standard InChI is InChI=1S/C6H5BrF2N2O/c1-12-6-4(7)11-3(2-10-6)5(8)9/h2,5H,1H3. The quantitative estimate of drug-likeness (QED) is 0.793. The molecule has 1 rings (SSSR count). The normalized spacial score (nSPS) is 10.4. The number of alkyl halides is 2. The van der Waals surface area contributed by atoms with E-state index in [0.29, 0.717) is 0 Å². The largest absolute Gasteiger partial charge is 0.479 e. The lowest BCUT2D eigenvalue weighted by molar-refractivity contribution is 0.145. The van der Waals surface area contributed by atoms with Crippen molar-refractivity contribution in [2.45, 2.75) is 6.43 Å². The Kier molecular flexibility index (Phi) is 2.91. The molecule has 0 saturated heterocycles. The summed E-state index contributed by atoms with van der Waals surface area (Å²) in [6, 6.07) is 0. The average Bonchev–Trinajstić information content (AvgIpc) is 2.04. The molecule has 0 unspecified atom stereocenters. The molecule has 6 heteroatoms. The van der Waals surface area contributed by atoms with Gasteiger partial charge in [-0.15, -0.1) is 0 Å². The van der Waals surface area contributed by atoms with E-state index in [1.807, 2.05) is 0 Å². The lowest BCUT2D eigenvalue weighted by Gasteiger charge is -2.02. The summed E-state index contributed by atoms with van der Waals surface area (Å²) in [7, 11) is 1.39. The highest BCUT2D eigenvalue weighted by atomic mass is 79.9. The molecule has 0 aliphatic rings. The Morgan fingerprint density at radius 3 is 2.67 bits per heavy atom. The van der Waals surface area contributed by atoms with Gasteiger partial charge in [0.1, 0.15) is 5.69 Å². The molecule has 0 fully saturated rings. The van der Waals surface area contributed by atoms with E-state index in [-0.39, 0.29) is 16.2 Å². The van der Waals surface area contributed by atoms with Crippen LogP contribution in [-0.4, -0.2) is 17.1 Å². The number of halogens is 3. The molecule has 12 heavy (non-hydrogen) atoms. The fourth-order valence-corrected chi connectivity index (χ4v) is 1.08. The maximum atomic E-state index is 12.0. The number of nitrogens with zero attached hydrogens (tertiary/aromatic N) is 2. The molecule has 0 bridgehead atoms. The summed E-state index contributed by atoms with van der Waals surface area (Å²) < 4.78 is 28.9. The fourth-order valence-electron chi connectivity index (χ4n) is 0.610. The van der Waals surface area contributed by atoms with Gasteiger partial charge in [0.25, 0.3) is 6.43 Å². The van der Waals surface area contributed by atoms with Gasteiger partial charge in [-0.25, -0.2) is 18.7 Å². The second-order valence-corrected chi connectivity index (χ2v) is 2.65. The topological polar surface area (TPSA) is 35.0 Å². The Morgan fingerprint density at radius 1 is 1.58 bits per heavy atom. The zero-order chi connectivity index (χ0) is 9.14. The van der Waals surface area contributed by atoms with Crippen LogP contribution in [0.2, 0.25) is 0 Å². The first-order valence-corrected chi connectivity index (χ1v) is 3.79. The van der Waals surface area contributed by atoms with E-state index in [2.05, 4.69) is 25.9 Å². The van der Waals surface area contributed by atoms with Crippen LogP contribution in [0.15, 0.2) is 10.8 Å². The molecule has 66 valence electrons. The van der Waals surface area contributed by atoms with Crippen molar-refractivity contribution in [1.82, 2.24) is 9.97 Å². The van der Waals surface area contributed by atoms with E-state index in [1.54, 1.807) is 0 Å². The summed E-state index contributed by atoms with van der Waals surface area (Å²) in [5.74, 6) is 0.194. The van der Waals surface area contributed by atoms with E-state index in [4.69, 9.17) is 4.74 Å². The summed E-state index contributed by atoms with van der Waals surface area (Å²) in [6.07, 6.45) is -1.63. The molecule has 0 saturated carbocycles. The van der Waals surface area contributed by atoms with Gasteiger partial charge in [0.2, 0.25) is 5.88 Å². The van der Waals surface area contributed by atoms with Crippen LogP contribution in [0.1, 0.15) is 12.1 Å². The van der Waals surface area contributed by atoms with E-state index < -0.39 is 6.43 Å². The molecular formula is C6H5BrF2N2O. The number of hydrogen-bond donors (Lipinski definition) is 0. The van der Waals surface area contributed by atoms with Crippen LogP contribution in [0, 0.1) is 0 Å². The first-order valence-electron chi connectivity index (χ1n) is 2.99. The van der Waals surface area contributed by atoms with Crippen molar-refractivity contribution in [3.63, 3.8) is 0 Å². The third-order valence-corrected chi connectivity index (χ3v) is 1.65. The van der Waals surface area contributed by atoms with Gasteiger partial charge in [0.05, 0.1) is 13.3 Å². The summed E-state index contributed by atoms with van der Waals surface area (Å²) in [6.45, 7) is 0. The molecule has 1 heterocycles. The van der Waals surface area contributed by atoms with Gasteiger partial charge in [0.15, 0.2) is 4.60 Å². The van der Waals surface area contributed by atoms with Crippen LogP contribution in [0.3, 0.4) is 0 Å². The number of rotatable bonds is 2. The molecule has 0 radical (unpaired) electrons. The predicted molar refractivity (Wildman–Crippen MR) is 41.2 cm³/mol. The van der Waals surface area contributed by atoms with Crippen molar-refractivity contribution in [2.24, 2.45) is 0 Å². The van der Waals surface area contributed by atoms with Crippen molar-refractivity contribution >= 4 is 15.9 Å². The van der Waals surface area contributed by atoms with Gasteiger partial charge in [-0.3, -0.25) is 0 Å². The third kappa shape index (κ3) is 1.88. The molecule has 1 aromatic rings. The zero-order valence-corrected chi connectivity index (χ0v) is 7.68. The fraction of sp³-hybridized carbons (Fsp3) is 0.333. The first-order chi connectivity index (χ1) is 5.65. The Hall–Kier alpha value is -0.780. The van der Waals surface area contributed by atoms with Crippen molar-refractivity contribution in [2.75, 3.05) is 7.11 Å². The lowest BCUT2D eigenvalue weighted by Crippen LogP contribution is -1.96. The highest BCUT2D eigenvalue weighted by Gasteiger charge is 2.12. The Morgan fingerprint density at radius 2 is 2.25 bits per heavy atom. The second kappa shape index (κ2) is 3.75. The van der Waals surface area contributed by atoms with Crippen molar-refractivity contribution in [1.29, 1.82) is 0 Å². The number of ether oxygens (including phenoxy) is 1. The minimum atomic E-state index is -2.61. The monoisotopic (exact) mass is 238 g/mol. The van der Waals surface area contributed by atoms with Crippen LogP contribution in [0.5, 0.6) is 5.88 Å². The Bertz CT molecular complexity index is 282. The maximum Gasteiger partial charge on any atom is 0.281 e. The van der Waals surface area contributed by atoms with Crippen LogP contribution >= 0.6 is 15.9 Å². The van der Waals surface area contributed by atoms with Crippen LogP contribution in [-0.2, 0) is 0 Å². The highest BCUT2D eigenvalue weighted by Crippen LogP contribution is 2.23. The van der Waals surface area contributed by atoms with E-state index in [0.717, 1.165) is 6.20 Å². The molecule has 3 nitrogen and oxygen atoms in total. The summed E-state index contributed by atoms with van der Waals surface area (Å²) in [4.78, 5) is 7.13. The summed E-state index contributed by atoms with van der Waals surface area (Å²) >= 11 is 2.94. The molecule has 0 N–H and O–H groups in total. The van der Waals surface area contributed by atoms with E-state index >= 15 is 0 Å². The molecule has 0 amide bonds. The third-order valence-electron chi connectivity index (χ3n) is 1.13. The van der Waals surface area contributed by atoms with Gasteiger partial charge >= 0.3 is 0 Å². The SMILES string of the molecule is COc1ncc(C(F)F)nc1Br. The first kappa shape index (κ1) is 9.31. The molecule has 0 aliphatic carbocycles. The average molecular weight is 239 g/mol. The Labute approximate surface area is 75.9 Å². The smallest absolute Gasteiger partial charge is 0.281 e.